The zero-order valence-corrected chi connectivity index (χ0v) is 10.5. The minimum Gasteiger partial charge on any atom is -0.868 e. The van der Waals surface area contributed by atoms with Crippen LogP contribution in [0.5, 0.6) is 0 Å². The molecule has 0 saturated carbocycles. The minimum atomic E-state index is -2.06. The molecule has 0 rings (SSSR count). The van der Waals surface area contributed by atoms with Crippen molar-refractivity contribution in [3.8, 4) is 0 Å². The molecule has 6 nitrogen and oxygen atoms in total. The molecule has 12 heavy (non-hydrogen) atoms. The second-order valence-corrected chi connectivity index (χ2v) is 1.27. The molecular formula is C4H2Na2O6. The molecule has 0 amide bonds. The number of carboxylic acids is 2. The molecule has 56 valence electrons. The summed E-state index contributed by atoms with van der Waals surface area (Å²) in [5.41, 5.74) is 0. The Kier molecular flexibility index (Phi) is 12.0. The molecule has 0 unspecified atom stereocenters. The van der Waals surface area contributed by atoms with Crippen molar-refractivity contribution in [3.63, 3.8) is 0 Å². The molecule has 0 aromatic heterocycles. The van der Waals surface area contributed by atoms with Crippen molar-refractivity contribution >= 4 is 11.9 Å². The molecule has 8 heteroatoms. The molecular weight excluding hydrogens is 190 g/mol. The summed E-state index contributed by atoms with van der Waals surface area (Å²) in [4.78, 5) is 19.2. The van der Waals surface area contributed by atoms with Gasteiger partial charge in [0.2, 0.25) is 0 Å². The summed E-state index contributed by atoms with van der Waals surface area (Å²) >= 11 is 0. The van der Waals surface area contributed by atoms with E-state index in [1.165, 1.54) is 0 Å². The van der Waals surface area contributed by atoms with Crippen molar-refractivity contribution in [2.75, 3.05) is 0 Å². The van der Waals surface area contributed by atoms with Crippen LogP contribution in [-0.2, 0) is 9.59 Å². The van der Waals surface area contributed by atoms with Crippen LogP contribution in [0.4, 0.5) is 0 Å². The van der Waals surface area contributed by atoms with Gasteiger partial charge >= 0.3 is 71.1 Å². The Labute approximate surface area is 111 Å². The van der Waals surface area contributed by atoms with Gasteiger partial charge in [0.15, 0.2) is 0 Å². The van der Waals surface area contributed by atoms with Crippen molar-refractivity contribution < 1.29 is 89.1 Å². The monoisotopic (exact) mass is 192 g/mol. The van der Waals surface area contributed by atoms with Gasteiger partial charge in [0.05, 0.1) is 0 Å². The average molecular weight is 192 g/mol. The van der Waals surface area contributed by atoms with Gasteiger partial charge in [-0.15, -0.1) is 0 Å². The van der Waals surface area contributed by atoms with Crippen LogP contribution in [0, 0.1) is 0 Å². The largest absolute Gasteiger partial charge is 1.00 e. The number of hydrogen-bond donors (Lipinski definition) is 2. The molecule has 0 atom stereocenters. The Morgan fingerprint density at radius 2 is 1.00 bits per heavy atom. The zero-order chi connectivity index (χ0) is 8.31. The van der Waals surface area contributed by atoms with Gasteiger partial charge in [0, 0.05) is 0 Å². The van der Waals surface area contributed by atoms with Gasteiger partial charge in [-0.25, -0.2) is 9.59 Å². The molecule has 0 aromatic rings. The number of carboxylic acid groups (broad SMARTS) is 2. The quantitative estimate of drug-likeness (QED) is 0.254. The minimum absolute atomic E-state index is 0. The Morgan fingerprint density at radius 1 is 0.833 bits per heavy atom. The molecule has 0 fully saturated rings. The van der Waals surface area contributed by atoms with Crippen LogP contribution in [0.15, 0.2) is 11.5 Å². The van der Waals surface area contributed by atoms with E-state index in [0.29, 0.717) is 0 Å². The Hall–Kier alpha value is 0.280. The van der Waals surface area contributed by atoms with Gasteiger partial charge in [-0.05, 0) is 11.5 Å². The number of aliphatic carboxylic acids is 2. The summed E-state index contributed by atoms with van der Waals surface area (Å²) in [6.07, 6.45) is 0. The molecule has 0 radical (unpaired) electrons. The first-order valence-corrected chi connectivity index (χ1v) is 2.01. The van der Waals surface area contributed by atoms with E-state index in [0.717, 1.165) is 0 Å². The summed E-state index contributed by atoms with van der Waals surface area (Å²) in [6, 6.07) is 0. The number of rotatable bonds is 2. The Balaban J connectivity index is -0.000000405. The van der Waals surface area contributed by atoms with E-state index < -0.39 is 23.5 Å². The second-order valence-electron chi connectivity index (χ2n) is 1.27. The summed E-state index contributed by atoms with van der Waals surface area (Å²) in [7, 11) is 0. The van der Waals surface area contributed by atoms with Gasteiger partial charge in [-0.1, -0.05) is 0 Å². The van der Waals surface area contributed by atoms with Crippen LogP contribution in [0.25, 0.3) is 0 Å². The molecule has 2 N–H and O–H groups in total. The van der Waals surface area contributed by atoms with Crippen LogP contribution >= 0.6 is 0 Å². The van der Waals surface area contributed by atoms with Crippen LogP contribution in [-0.4, -0.2) is 22.2 Å². The average Bonchev–Trinajstić information content (AvgIpc) is 1.84. The molecule has 0 saturated heterocycles. The fourth-order valence-electron chi connectivity index (χ4n) is 0.194. The van der Waals surface area contributed by atoms with Crippen molar-refractivity contribution in [1.29, 1.82) is 0 Å². The second kappa shape index (κ2) is 7.90. The third-order valence-corrected chi connectivity index (χ3v) is 0.595. The molecule has 0 bridgehead atoms. The van der Waals surface area contributed by atoms with Crippen LogP contribution in [0.2, 0.25) is 0 Å². The van der Waals surface area contributed by atoms with Gasteiger partial charge < -0.3 is 20.4 Å². The van der Waals surface area contributed by atoms with E-state index in [1.807, 2.05) is 0 Å². The fraction of sp³-hybridized carbons (Fsp3) is 0. The molecule has 0 aliphatic rings. The maximum atomic E-state index is 9.95. The van der Waals surface area contributed by atoms with Crippen LogP contribution in [0.1, 0.15) is 0 Å². The van der Waals surface area contributed by atoms with Crippen LogP contribution < -0.4 is 69.3 Å². The first kappa shape index (κ1) is 18.1. The van der Waals surface area contributed by atoms with E-state index >= 15 is 0 Å². The van der Waals surface area contributed by atoms with E-state index in [-0.39, 0.29) is 59.1 Å². The van der Waals surface area contributed by atoms with Gasteiger partial charge in [0.25, 0.3) is 0 Å². The molecule has 0 aliphatic carbocycles. The Bertz CT molecular complexity index is 188. The first-order chi connectivity index (χ1) is 4.46. The summed E-state index contributed by atoms with van der Waals surface area (Å²) < 4.78 is 0. The zero-order valence-electron chi connectivity index (χ0n) is 6.53. The maximum absolute atomic E-state index is 9.95. The van der Waals surface area contributed by atoms with E-state index in [4.69, 9.17) is 10.2 Å². The van der Waals surface area contributed by atoms with Crippen molar-refractivity contribution in [1.82, 2.24) is 0 Å². The van der Waals surface area contributed by atoms with E-state index in [1.54, 1.807) is 0 Å². The predicted octanol–water partition coefficient (Wildman–Crippen LogP) is -8.90. The third-order valence-electron chi connectivity index (χ3n) is 0.595. The van der Waals surface area contributed by atoms with Crippen molar-refractivity contribution in [3.05, 3.63) is 11.5 Å². The van der Waals surface area contributed by atoms with E-state index in [9.17, 15) is 19.8 Å². The number of hydrogen-bond acceptors (Lipinski definition) is 4. The molecule has 0 aliphatic heterocycles. The maximum Gasteiger partial charge on any atom is 1.00 e. The number of carbonyl (C=O) groups is 2. The van der Waals surface area contributed by atoms with Crippen LogP contribution in [0.3, 0.4) is 0 Å². The van der Waals surface area contributed by atoms with Crippen molar-refractivity contribution in [2.24, 2.45) is 0 Å². The summed E-state index contributed by atoms with van der Waals surface area (Å²) in [6.45, 7) is 0. The molecule has 0 aromatic carbocycles. The topological polar surface area (TPSA) is 121 Å². The fourth-order valence-corrected chi connectivity index (χ4v) is 0.194. The molecule has 0 heterocycles. The van der Waals surface area contributed by atoms with E-state index in [2.05, 4.69) is 0 Å². The van der Waals surface area contributed by atoms with Gasteiger partial charge in [-0.3, -0.25) is 0 Å². The first-order valence-electron chi connectivity index (χ1n) is 2.01. The van der Waals surface area contributed by atoms with Crippen molar-refractivity contribution in [2.45, 2.75) is 0 Å². The third kappa shape index (κ3) is 5.87. The predicted molar refractivity (Wildman–Crippen MR) is 22.3 cm³/mol. The Morgan fingerprint density at radius 3 is 1.08 bits per heavy atom. The van der Waals surface area contributed by atoms with Gasteiger partial charge in [0.1, 0.15) is 0 Å². The van der Waals surface area contributed by atoms with Gasteiger partial charge in [-0.2, -0.15) is 0 Å². The molecule has 0 spiro atoms. The summed E-state index contributed by atoms with van der Waals surface area (Å²) in [5, 5.41) is 35.4. The smallest absolute Gasteiger partial charge is 0.868 e. The normalized spacial score (nSPS) is 10.0. The summed E-state index contributed by atoms with van der Waals surface area (Å²) in [5.74, 6) is -8.00. The standard InChI is InChI=1S/C4H4O6.2Na/c5-1(3(7)8)2(6)4(9)10;;/h5-6H,(H,7,8)(H,9,10);;/q;2*+1/p-2/b2-1+;;. The SMILES string of the molecule is O=C(O)/C([O-])=C(\[O-])C(=O)O.[Na+].[Na+].